The summed E-state index contributed by atoms with van der Waals surface area (Å²) in [7, 11) is 0. The lowest BCUT2D eigenvalue weighted by Gasteiger charge is -2.35. The highest BCUT2D eigenvalue weighted by atomic mass is 32.2. The molecule has 19 heavy (non-hydrogen) atoms. The fourth-order valence-corrected chi connectivity index (χ4v) is 3.40. The predicted octanol–water partition coefficient (Wildman–Crippen LogP) is 3.84. The van der Waals surface area contributed by atoms with Crippen LogP contribution in [0.5, 0.6) is 0 Å². The Labute approximate surface area is 120 Å². The van der Waals surface area contributed by atoms with E-state index in [0.717, 1.165) is 29.1 Å². The summed E-state index contributed by atoms with van der Waals surface area (Å²) in [5.41, 5.74) is 1.95. The molecule has 2 rings (SSSR count). The molecule has 1 aliphatic rings. The van der Waals surface area contributed by atoms with Gasteiger partial charge in [0.2, 0.25) is 0 Å². The molecule has 1 heterocycles. The SMILES string of the molecule is CSc1ccc(C)c(C(=O)N2CC(C)CC(C)C2)c1. The van der Waals surface area contributed by atoms with Crippen molar-refractivity contribution in [3.05, 3.63) is 29.3 Å². The molecule has 0 aromatic heterocycles. The van der Waals surface area contributed by atoms with Crippen LogP contribution in [0.4, 0.5) is 0 Å². The number of amides is 1. The molecule has 0 N–H and O–H groups in total. The van der Waals surface area contributed by atoms with Crippen LogP contribution in [-0.4, -0.2) is 30.2 Å². The van der Waals surface area contributed by atoms with Crippen molar-refractivity contribution in [3.63, 3.8) is 0 Å². The van der Waals surface area contributed by atoms with Crippen LogP contribution in [0.15, 0.2) is 23.1 Å². The van der Waals surface area contributed by atoms with Gasteiger partial charge in [0.05, 0.1) is 0 Å². The Bertz CT molecular complexity index is 462. The van der Waals surface area contributed by atoms with Crippen LogP contribution in [0, 0.1) is 18.8 Å². The molecule has 1 aliphatic heterocycles. The molecule has 0 bridgehead atoms. The van der Waals surface area contributed by atoms with E-state index in [9.17, 15) is 4.79 Å². The Morgan fingerprint density at radius 3 is 2.47 bits per heavy atom. The minimum absolute atomic E-state index is 0.201. The van der Waals surface area contributed by atoms with Gasteiger partial charge in [0.15, 0.2) is 0 Å². The number of likely N-dealkylation sites (tertiary alicyclic amines) is 1. The van der Waals surface area contributed by atoms with Crippen LogP contribution in [0.3, 0.4) is 0 Å². The first kappa shape index (κ1) is 14.4. The number of thioether (sulfide) groups is 1. The van der Waals surface area contributed by atoms with Crippen molar-refractivity contribution in [1.29, 1.82) is 0 Å². The molecule has 1 fully saturated rings. The third kappa shape index (κ3) is 3.33. The quantitative estimate of drug-likeness (QED) is 0.766. The van der Waals surface area contributed by atoms with Crippen molar-refractivity contribution in [1.82, 2.24) is 4.90 Å². The fourth-order valence-electron chi connectivity index (χ4n) is 2.96. The Morgan fingerprint density at radius 1 is 1.26 bits per heavy atom. The van der Waals surface area contributed by atoms with Gasteiger partial charge in [-0.2, -0.15) is 0 Å². The second-order valence-corrected chi connectivity index (χ2v) is 6.72. The van der Waals surface area contributed by atoms with Crippen LogP contribution >= 0.6 is 11.8 Å². The van der Waals surface area contributed by atoms with Crippen molar-refractivity contribution >= 4 is 17.7 Å². The number of nitrogens with zero attached hydrogens (tertiary/aromatic N) is 1. The molecule has 0 saturated carbocycles. The normalized spacial score (nSPS) is 23.5. The maximum atomic E-state index is 12.7. The number of hydrogen-bond acceptors (Lipinski definition) is 2. The van der Waals surface area contributed by atoms with Gasteiger partial charge in [-0.25, -0.2) is 0 Å². The maximum Gasteiger partial charge on any atom is 0.254 e. The van der Waals surface area contributed by atoms with E-state index in [1.54, 1.807) is 11.8 Å². The summed E-state index contributed by atoms with van der Waals surface area (Å²) in [4.78, 5) is 15.9. The molecule has 104 valence electrons. The van der Waals surface area contributed by atoms with Gasteiger partial charge in [0.25, 0.3) is 5.91 Å². The molecule has 2 atom stereocenters. The summed E-state index contributed by atoms with van der Waals surface area (Å²) in [5, 5.41) is 0. The van der Waals surface area contributed by atoms with Crippen molar-refractivity contribution in [2.24, 2.45) is 11.8 Å². The number of benzene rings is 1. The van der Waals surface area contributed by atoms with Gasteiger partial charge < -0.3 is 4.90 Å². The highest BCUT2D eigenvalue weighted by Gasteiger charge is 2.26. The molecule has 1 aromatic carbocycles. The molecule has 0 radical (unpaired) electrons. The molecule has 1 aromatic rings. The first-order valence-corrected chi connectivity index (χ1v) is 8.17. The van der Waals surface area contributed by atoms with E-state index in [2.05, 4.69) is 26.0 Å². The number of piperidine rings is 1. The maximum absolute atomic E-state index is 12.7. The number of rotatable bonds is 2. The molecule has 2 unspecified atom stereocenters. The zero-order valence-corrected chi connectivity index (χ0v) is 13.1. The first-order chi connectivity index (χ1) is 9.01. The van der Waals surface area contributed by atoms with E-state index in [1.165, 1.54) is 6.42 Å². The van der Waals surface area contributed by atoms with Gasteiger partial charge in [-0.05, 0) is 49.1 Å². The van der Waals surface area contributed by atoms with Crippen LogP contribution in [0.2, 0.25) is 0 Å². The largest absolute Gasteiger partial charge is 0.338 e. The van der Waals surface area contributed by atoms with E-state index in [-0.39, 0.29) is 5.91 Å². The summed E-state index contributed by atoms with van der Waals surface area (Å²) < 4.78 is 0. The topological polar surface area (TPSA) is 20.3 Å². The Kier molecular flexibility index (Phi) is 4.56. The van der Waals surface area contributed by atoms with E-state index >= 15 is 0 Å². The molecule has 0 aliphatic carbocycles. The summed E-state index contributed by atoms with van der Waals surface area (Å²) in [5.74, 6) is 1.42. The minimum atomic E-state index is 0.201. The zero-order valence-electron chi connectivity index (χ0n) is 12.3. The first-order valence-electron chi connectivity index (χ1n) is 6.95. The van der Waals surface area contributed by atoms with Crippen molar-refractivity contribution in [3.8, 4) is 0 Å². The summed E-state index contributed by atoms with van der Waals surface area (Å²) >= 11 is 1.69. The molecular weight excluding hydrogens is 254 g/mol. The predicted molar refractivity (Wildman–Crippen MR) is 81.8 cm³/mol. The average Bonchev–Trinajstić information content (AvgIpc) is 2.37. The number of carbonyl (C=O) groups is 1. The molecule has 2 nitrogen and oxygen atoms in total. The smallest absolute Gasteiger partial charge is 0.254 e. The van der Waals surface area contributed by atoms with Crippen molar-refractivity contribution in [2.75, 3.05) is 19.3 Å². The van der Waals surface area contributed by atoms with Crippen LogP contribution in [-0.2, 0) is 0 Å². The Balaban J connectivity index is 2.23. The van der Waals surface area contributed by atoms with Crippen LogP contribution in [0.1, 0.15) is 36.2 Å². The third-order valence-electron chi connectivity index (χ3n) is 3.83. The molecule has 1 saturated heterocycles. The monoisotopic (exact) mass is 277 g/mol. The standard InChI is InChI=1S/C16H23NOS/c1-11-7-12(2)10-17(9-11)16(18)15-8-14(19-4)6-5-13(15)3/h5-6,8,11-12H,7,9-10H2,1-4H3. The second kappa shape index (κ2) is 6.00. The Morgan fingerprint density at radius 2 is 1.89 bits per heavy atom. The third-order valence-corrected chi connectivity index (χ3v) is 4.56. The van der Waals surface area contributed by atoms with Crippen molar-refractivity contribution < 1.29 is 4.79 Å². The highest BCUT2D eigenvalue weighted by Crippen LogP contribution is 2.25. The van der Waals surface area contributed by atoms with Crippen LogP contribution < -0.4 is 0 Å². The number of aryl methyl sites for hydroxylation is 1. The van der Waals surface area contributed by atoms with E-state index in [4.69, 9.17) is 0 Å². The van der Waals surface area contributed by atoms with Gasteiger partial charge in [0, 0.05) is 23.5 Å². The zero-order chi connectivity index (χ0) is 14.0. The van der Waals surface area contributed by atoms with E-state index in [0.29, 0.717) is 11.8 Å². The highest BCUT2D eigenvalue weighted by molar-refractivity contribution is 7.98. The van der Waals surface area contributed by atoms with E-state index in [1.807, 2.05) is 24.1 Å². The number of carbonyl (C=O) groups excluding carboxylic acids is 1. The summed E-state index contributed by atoms with van der Waals surface area (Å²) in [6, 6.07) is 6.17. The Hall–Kier alpha value is -0.960. The molecule has 1 amide bonds. The average molecular weight is 277 g/mol. The molecule has 3 heteroatoms. The van der Waals surface area contributed by atoms with Gasteiger partial charge in [0.1, 0.15) is 0 Å². The van der Waals surface area contributed by atoms with Gasteiger partial charge in [-0.15, -0.1) is 11.8 Å². The summed E-state index contributed by atoms with van der Waals surface area (Å²) in [6.07, 6.45) is 3.28. The fraction of sp³-hybridized carbons (Fsp3) is 0.562. The number of hydrogen-bond donors (Lipinski definition) is 0. The van der Waals surface area contributed by atoms with Gasteiger partial charge in [-0.1, -0.05) is 19.9 Å². The molecular formula is C16H23NOS. The van der Waals surface area contributed by atoms with Crippen molar-refractivity contribution in [2.45, 2.75) is 32.1 Å². The van der Waals surface area contributed by atoms with Gasteiger partial charge >= 0.3 is 0 Å². The van der Waals surface area contributed by atoms with Gasteiger partial charge in [-0.3, -0.25) is 4.79 Å². The summed E-state index contributed by atoms with van der Waals surface area (Å²) in [6.45, 7) is 8.29. The second-order valence-electron chi connectivity index (χ2n) is 5.84. The van der Waals surface area contributed by atoms with E-state index < -0.39 is 0 Å². The minimum Gasteiger partial charge on any atom is -0.338 e. The lowest BCUT2D eigenvalue weighted by molar-refractivity contribution is 0.0622. The lowest BCUT2D eigenvalue weighted by atomic mass is 9.91. The molecule has 0 spiro atoms. The lowest BCUT2D eigenvalue weighted by Crippen LogP contribution is -2.42. The van der Waals surface area contributed by atoms with Crippen LogP contribution in [0.25, 0.3) is 0 Å².